The predicted molar refractivity (Wildman–Crippen MR) is 72.3 cm³/mol. The maximum atomic E-state index is 11.6. The molecule has 0 radical (unpaired) electrons. The van der Waals surface area contributed by atoms with Crippen molar-refractivity contribution in [3.8, 4) is 10.8 Å². The zero-order valence-corrected chi connectivity index (χ0v) is 12.0. The van der Waals surface area contributed by atoms with Gasteiger partial charge in [0.1, 0.15) is 5.75 Å². The largest absolute Gasteiger partial charge is 0.461 e. The highest BCUT2D eigenvalue weighted by Gasteiger charge is 2.17. The van der Waals surface area contributed by atoms with Crippen LogP contribution < -0.4 is 4.74 Å². The van der Waals surface area contributed by atoms with Crippen LogP contribution in [0.3, 0.4) is 0 Å². The van der Waals surface area contributed by atoms with Gasteiger partial charge in [-0.3, -0.25) is 0 Å². The van der Waals surface area contributed by atoms with E-state index in [1.54, 1.807) is 24.6 Å². The first-order chi connectivity index (χ1) is 8.70. The molecular weight excluding hydrogens is 318 g/mol. The van der Waals surface area contributed by atoms with E-state index in [0.717, 1.165) is 4.47 Å². The smallest absolute Gasteiger partial charge is 0.361 e. The number of hydrogen-bond acceptors (Lipinski definition) is 5. The highest BCUT2D eigenvalue weighted by atomic mass is 79.9. The van der Waals surface area contributed by atoms with Gasteiger partial charge in [0.15, 0.2) is 0 Å². The quantitative estimate of drug-likeness (QED) is 0.799. The molecule has 0 bridgehead atoms. The van der Waals surface area contributed by atoms with Crippen molar-refractivity contribution >= 4 is 33.2 Å². The zero-order chi connectivity index (χ0) is 13.0. The summed E-state index contributed by atoms with van der Waals surface area (Å²) in [6, 6.07) is 7.33. The lowest BCUT2D eigenvalue weighted by molar-refractivity contribution is 0.0517. The number of nitrogens with zero attached hydrogens (tertiary/aromatic N) is 1. The van der Waals surface area contributed by atoms with Crippen molar-refractivity contribution in [1.82, 2.24) is 4.98 Å². The Labute approximate surface area is 117 Å². The number of benzene rings is 1. The van der Waals surface area contributed by atoms with Crippen LogP contribution in [0, 0.1) is 0 Å². The van der Waals surface area contributed by atoms with E-state index in [2.05, 4.69) is 20.9 Å². The summed E-state index contributed by atoms with van der Waals surface area (Å²) in [5, 5.41) is 0.441. The van der Waals surface area contributed by atoms with Crippen molar-refractivity contribution in [2.75, 3.05) is 6.61 Å². The number of rotatable bonds is 4. The number of aromatic nitrogens is 1. The molecule has 0 aliphatic carbocycles. The maximum absolute atomic E-state index is 11.6. The second kappa shape index (κ2) is 5.97. The third-order valence-electron chi connectivity index (χ3n) is 2.03. The van der Waals surface area contributed by atoms with E-state index in [0.29, 0.717) is 17.4 Å². The minimum Gasteiger partial charge on any atom is -0.461 e. The SMILES string of the molecule is CCOC(=O)c1ncsc1Oc1ccc(Br)cc1. The Balaban J connectivity index is 2.17. The van der Waals surface area contributed by atoms with Crippen LogP contribution >= 0.6 is 27.3 Å². The van der Waals surface area contributed by atoms with E-state index >= 15 is 0 Å². The van der Waals surface area contributed by atoms with Gasteiger partial charge in [0.2, 0.25) is 10.8 Å². The fourth-order valence-corrected chi connectivity index (χ4v) is 2.16. The van der Waals surface area contributed by atoms with E-state index in [4.69, 9.17) is 9.47 Å². The third kappa shape index (κ3) is 3.08. The first-order valence-corrected chi connectivity index (χ1v) is 6.92. The summed E-state index contributed by atoms with van der Waals surface area (Å²) in [5.41, 5.74) is 1.77. The summed E-state index contributed by atoms with van der Waals surface area (Å²) in [7, 11) is 0. The molecule has 2 rings (SSSR count). The van der Waals surface area contributed by atoms with Crippen LogP contribution in [0.25, 0.3) is 0 Å². The summed E-state index contributed by atoms with van der Waals surface area (Å²) in [6.45, 7) is 2.06. The van der Waals surface area contributed by atoms with Crippen LogP contribution in [0.5, 0.6) is 10.8 Å². The molecular formula is C12H10BrNO3S. The van der Waals surface area contributed by atoms with Crippen molar-refractivity contribution in [3.05, 3.63) is 39.9 Å². The highest BCUT2D eigenvalue weighted by Crippen LogP contribution is 2.30. The zero-order valence-electron chi connectivity index (χ0n) is 9.55. The molecule has 4 nitrogen and oxygen atoms in total. The van der Waals surface area contributed by atoms with Gasteiger partial charge in [0.05, 0.1) is 12.1 Å². The molecule has 18 heavy (non-hydrogen) atoms. The molecule has 1 aromatic heterocycles. The molecule has 0 N–H and O–H groups in total. The van der Waals surface area contributed by atoms with Gasteiger partial charge >= 0.3 is 5.97 Å². The summed E-state index contributed by atoms with van der Waals surface area (Å²) in [6.07, 6.45) is 0. The molecule has 94 valence electrons. The van der Waals surface area contributed by atoms with Crippen LogP contribution in [0.1, 0.15) is 17.4 Å². The molecule has 1 aromatic carbocycles. The van der Waals surface area contributed by atoms with Gasteiger partial charge in [0.25, 0.3) is 0 Å². The second-order valence-electron chi connectivity index (χ2n) is 3.26. The molecule has 1 heterocycles. The number of thiazole rings is 1. The van der Waals surface area contributed by atoms with E-state index in [-0.39, 0.29) is 5.69 Å². The topological polar surface area (TPSA) is 48.4 Å². The monoisotopic (exact) mass is 327 g/mol. The average Bonchev–Trinajstić information content (AvgIpc) is 2.81. The molecule has 0 atom stereocenters. The van der Waals surface area contributed by atoms with Gasteiger partial charge < -0.3 is 9.47 Å². The standard InChI is InChI=1S/C12H10BrNO3S/c1-2-16-11(15)10-12(18-7-14-10)17-9-5-3-8(13)4-6-9/h3-7H,2H2,1H3. The van der Waals surface area contributed by atoms with Gasteiger partial charge in [-0.05, 0) is 31.2 Å². The van der Waals surface area contributed by atoms with E-state index in [1.165, 1.54) is 11.3 Å². The normalized spacial score (nSPS) is 10.1. The average molecular weight is 328 g/mol. The van der Waals surface area contributed by atoms with E-state index in [9.17, 15) is 4.79 Å². The molecule has 2 aromatic rings. The van der Waals surface area contributed by atoms with Crippen molar-refractivity contribution in [2.24, 2.45) is 0 Å². The number of carbonyl (C=O) groups is 1. The molecule has 0 aliphatic heterocycles. The Hall–Kier alpha value is -1.40. The molecule has 0 unspecified atom stereocenters. The van der Waals surface area contributed by atoms with Crippen LogP contribution in [0.4, 0.5) is 0 Å². The Morgan fingerprint density at radius 1 is 1.39 bits per heavy atom. The Morgan fingerprint density at radius 2 is 2.11 bits per heavy atom. The Bertz CT molecular complexity index is 539. The first-order valence-electron chi connectivity index (χ1n) is 5.24. The lowest BCUT2D eigenvalue weighted by Crippen LogP contribution is -2.06. The Kier molecular flexibility index (Phi) is 4.33. The highest BCUT2D eigenvalue weighted by molar-refractivity contribution is 9.10. The van der Waals surface area contributed by atoms with E-state index < -0.39 is 5.97 Å². The van der Waals surface area contributed by atoms with Gasteiger partial charge in [-0.15, -0.1) is 0 Å². The fraction of sp³-hybridized carbons (Fsp3) is 0.167. The van der Waals surface area contributed by atoms with E-state index in [1.807, 2.05) is 12.1 Å². The van der Waals surface area contributed by atoms with Crippen LogP contribution in [0.2, 0.25) is 0 Å². The number of hydrogen-bond donors (Lipinski definition) is 0. The van der Waals surface area contributed by atoms with Gasteiger partial charge in [-0.25, -0.2) is 9.78 Å². The van der Waals surface area contributed by atoms with Gasteiger partial charge in [-0.1, -0.05) is 27.3 Å². The minimum absolute atomic E-state index is 0.213. The summed E-state index contributed by atoms with van der Waals surface area (Å²) >= 11 is 4.60. The lowest BCUT2D eigenvalue weighted by Gasteiger charge is -2.05. The first kappa shape index (κ1) is 13.0. The molecule has 0 fully saturated rings. The van der Waals surface area contributed by atoms with Gasteiger partial charge in [-0.2, -0.15) is 0 Å². The summed E-state index contributed by atoms with van der Waals surface area (Å²) in [4.78, 5) is 15.6. The number of ether oxygens (including phenoxy) is 2. The fourth-order valence-electron chi connectivity index (χ4n) is 1.25. The lowest BCUT2D eigenvalue weighted by atomic mass is 10.3. The second-order valence-corrected chi connectivity index (χ2v) is 5.00. The van der Waals surface area contributed by atoms with Crippen LogP contribution in [0.15, 0.2) is 34.2 Å². The predicted octanol–water partition coefficient (Wildman–Crippen LogP) is 3.87. The summed E-state index contributed by atoms with van der Waals surface area (Å²) < 4.78 is 11.5. The molecule has 0 spiro atoms. The molecule has 6 heteroatoms. The molecule has 0 saturated carbocycles. The molecule has 0 saturated heterocycles. The van der Waals surface area contributed by atoms with Gasteiger partial charge in [0, 0.05) is 4.47 Å². The van der Waals surface area contributed by atoms with Crippen molar-refractivity contribution < 1.29 is 14.3 Å². The summed E-state index contributed by atoms with van der Waals surface area (Å²) in [5.74, 6) is 0.180. The maximum Gasteiger partial charge on any atom is 0.361 e. The van der Waals surface area contributed by atoms with Crippen molar-refractivity contribution in [1.29, 1.82) is 0 Å². The van der Waals surface area contributed by atoms with Crippen molar-refractivity contribution in [3.63, 3.8) is 0 Å². The third-order valence-corrected chi connectivity index (χ3v) is 3.26. The number of esters is 1. The Morgan fingerprint density at radius 3 is 2.78 bits per heavy atom. The number of carbonyl (C=O) groups excluding carboxylic acids is 1. The minimum atomic E-state index is -0.467. The molecule has 0 amide bonds. The molecule has 0 aliphatic rings. The van der Waals surface area contributed by atoms with Crippen LogP contribution in [-0.4, -0.2) is 17.6 Å². The van der Waals surface area contributed by atoms with Crippen molar-refractivity contribution in [2.45, 2.75) is 6.92 Å². The van der Waals surface area contributed by atoms with Crippen LogP contribution in [-0.2, 0) is 4.74 Å². The number of halogens is 1.